The molecular formula is C21H27N5. The topological polar surface area (TPSA) is 46.3 Å². The van der Waals surface area contributed by atoms with Crippen LogP contribution in [0.15, 0.2) is 24.5 Å². The van der Waals surface area contributed by atoms with Crippen LogP contribution in [0.3, 0.4) is 0 Å². The van der Waals surface area contributed by atoms with Crippen LogP contribution in [0.4, 0.5) is 0 Å². The second-order valence-corrected chi connectivity index (χ2v) is 8.45. The molecule has 5 heteroatoms. The molecule has 0 fully saturated rings. The highest BCUT2D eigenvalue weighted by Gasteiger charge is 2.23. The Morgan fingerprint density at radius 1 is 1.12 bits per heavy atom. The molecular weight excluding hydrogens is 322 g/mol. The van der Waals surface area contributed by atoms with Crippen molar-refractivity contribution in [3.63, 3.8) is 0 Å². The van der Waals surface area contributed by atoms with Crippen molar-refractivity contribution in [3.05, 3.63) is 58.6 Å². The van der Waals surface area contributed by atoms with Crippen molar-refractivity contribution >= 4 is 5.65 Å². The van der Waals surface area contributed by atoms with Gasteiger partial charge >= 0.3 is 0 Å². The normalized spacial score (nSPS) is 15.4. The lowest BCUT2D eigenvalue weighted by Crippen LogP contribution is -2.32. The van der Waals surface area contributed by atoms with Gasteiger partial charge in [-0.15, -0.1) is 0 Å². The van der Waals surface area contributed by atoms with Gasteiger partial charge in [-0.05, 0) is 25.5 Å². The molecule has 0 radical (unpaired) electrons. The van der Waals surface area contributed by atoms with Crippen molar-refractivity contribution in [2.45, 2.75) is 59.5 Å². The minimum atomic E-state index is -0.00233. The number of fused-ring (bicyclic) bond motifs is 2. The molecule has 1 aliphatic rings. The molecule has 0 atom stereocenters. The van der Waals surface area contributed by atoms with Gasteiger partial charge in [-0.2, -0.15) is 0 Å². The van der Waals surface area contributed by atoms with E-state index in [0.29, 0.717) is 0 Å². The van der Waals surface area contributed by atoms with Gasteiger partial charge in [0.25, 0.3) is 0 Å². The van der Waals surface area contributed by atoms with Crippen molar-refractivity contribution in [3.8, 4) is 0 Å². The summed E-state index contributed by atoms with van der Waals surface area (Å²) in [6.45, 7) is 13.5. The fourth-order valence-electron chi connectivity index (χ4n) is 3.59. The summed E-state index contributed by atoms with van der Waals surface area (Å²) in [7, 11) is 0. The maximum absolute atomic E-state index is 4.84. The molecule has 0 spiro atoms. The van der Waals surface area contributed by atoms with Gasteiger partial charge in [-0.1, -0.05) is 26.8 Å². The molecule has 0 saturated carbocycles. The van der Waals surface area contributed by atoms with Gasteiger partial charge in [0.15, 0.2) is 0 Å². The molecule has 5 nitrogen and oxygen atoms in total. The largest absolute Gasteiger partial charge is 0.302 e. The fourth-order valence-corrected chi connectivity index (χ4v) is 3.59. The summed E-state index contributed by atoms with van der Waals surface area (Å²) in [5.41, 5.74) is 7.14. The number of hydrogen-bond acceptors (Lipinski definition) is 4. The van der Waals surface area contributed by atoms with Crippen LogP contribution in [0.1, 0.15) is 54.8 Å². The summed E-state index contributed by atoms with van der Waals surface area (Å²) in [5.74, 6) is 0.942. The summed E-state index contributed by atoms with van der Waals surface area (Å²) in [6, 6.07) is 4.21. The highest BCUT2D eigenvalue weighted by Crippen LogP contribution is 2.24. The number of aryl methyl sites for hydroxylation is 2. The minimum Gasteiger partial charge on any atom is -0.302 e. The van der Waals surface area contributed by atoms with Crippen LogP contribution in [0, 0.1) is 13.8 Å². The number of hydrogen-bond donors (Lipinski definition) is 0. The summed E-state index contributed by atoms with van der Waals surface area (Å²) in [5, 5.41) is 0. The van der Waals surface area contributed by atoms with Crippen molar-refractivity contribution in [1.29, 1.82) is 0 Å². The average Bonchev–Trinajstić information content (AvgIpc) is 2.89. The van der Waals surface area contributed by atoms with Crippen LogP contribution in [0.2, 0.25) is 0 Å². The highest BCUT2D eigenvalue weighted by molar-refractivity contribution is 5.44. The number of nitrogens with zero attached hydrogens (tertiary/aromatic N) is 5. The fraction of sp³-hybridized carbons (Fsp3) is 0.476. The Hall–Kier alpha value is -2.27. The molecule has 0 aromatic carbocycles. The highest BCUT2D eigenvalue weighted by atomic mass is 15.2. The number of imidazole rings is 1. The van der Waals surface area contributed by atoms with Crippen molar-refractivity contribution < 1.29 is 0 Å². The molecule has 3 aromatic heterocycles. The average molecular weight is 349 g/mol. The van der Waals surface area contributed by atoms with Gasteiger partial charge in [0, 0.05) is 55.1 Å². The lowest BCUT2D eigenvalue weighted by atomic mass is 9.95. The molecule has 0 N–H and O–H groups in total. The Morgan fingerprint density at radius 2 is 1.92 bits per heavy atom. The lowest BCUT2D eigenvalue weighted by Gasteiger charge is -2.29. The smallest absolute Gasteiger partial charge is 0.137 e. The molecule has 26 heavy (non-hydrogen) atoms. The second-order valence-electron chi connectivity index (χ2n) is 8.45. The predicted molar refractivity (Wildman–Crippen MR) is 103 cm³/mol. The summed E-state index contributed by atoms with van der Waals surface area (Å²) in [4.78, 5) is 16.6. The molecule has 1 aliphatic heterocycles. The molecule has 0 aliphatic carbocycles. The maximum atomic E-state index is 4.84. The van der Waals surface area contributed by atoms with Crippen LogP contribution < -0.4 is 0 Å². The summed E-state index contributed by atoms with van der Waals surface area (Å²) < 4.78 is 2.24. The Balaban J connectivity index is 1.59. The molecule has 0 saturated heterocycles. The van der Waals surface area contributed by atoms with E-state index < -0.39 is 0 Å². The van der Waals surface area contributed by atoms with Crippen molar-refractivity contribution in [1.82, 2.24) is 24.3 Å². The molecule has 136 valence electrons. The van der Waals surface area contributed by atoms with Crippen LogP contribution in [0.25, 0.3) is 5.65 Å². The van der Waals surface area contributed by atoms with E-state index in [9.17, 15) is 0 Å². The van der Waals surface area contributed by atoms with Gasteiger partial charge in [0.05, 0.1) is 11.4 Å². The quantitative estimate of drug-likeness (QED) is 0.709. The Morgan fingerprint density at radius 3 is 2.69 bits per heavy atom. The third-order valence-electron chi connectivity index (χ3n) is 5.12. The monoisotopic (exact) mass is 349 g/mol. The number of aromatic nitrogens is 4. The van der Waals surface area contributed by atoms with Gasteiger partial charge < -0.3 is 4.40 Å². The summed E-state index contributed by atoms with van der Waals surface area (Å²) >= 11 is 0. The molecule has 0 amide bonds. The van der Waals surface area contributed by atoms with Crippen molar-refractivity contribution in [2.75, 3.05) is 6.54 Å². The first kappa shape index (κ1) is 17.2. The van der Waals surface area contributed by atoms with Gasteiger partial charge in [-0.3, -0.25) is 4.90 Å². The van der Waals surface area contributed by atoms with E-state index in [0.717, 1.165) is 43.2 Å². The SMILES string of the molecule is Cc1ccc2nc(C)c(CN3CCc4nc(C(C)(C)C)ncc4C3)n2c1. The van der Waals surface area contributed by atoms with Gasteiger partial charge in [0.1, 0.15) is 11.5 Å². The zero-order chi connectivity index (χ0) is 18.5. The number of rotatable bonds is 2. The summed E-state index contributed by atoms with van der Waals surface area (Å²) in [6.07, 6.45) is 5.19. The van der Waals surface area contributed by atoms with Crippen LogP contribution in [-0.2, 0) is 24.9 Å². The first-order valence-electron chi connectivity index (χ1n) is 9.33. The molecule has 4 heterocycles. The second kappa shape index (κ2) is 6.16. The minimum absolute atomic E-state index is 0.00233. The van der Waals surface area contributed by atoms with Crippen LogP contribution >= 0.6 is 0 Å². The Bertz CT molecular complexity index is 964. The van der Waals surface area contributed by atoms with Gasteiger partial charge in [-0.25, -0.2) is 15.0 Å². The first-order valence-corrected chi connectivity index (χ1v) is 9.33. The zero-order valence-electron chi connectivity index (χ0n) is 16.4. The standard InChI is InChI=1S/C21H27N5/c1-14-6-7-19-23-15(2)18(26(19)11-14)13-25-9-8-17-16(12-25)10-22-20(24-17)21(3,4)5/h6-7,10-11H,8-9,12-13H2,1-5H3. The maximum Gasteiger partial charge on any atom is 0.137 e. The third-order valence-corrected chi connectivity index (χ3v) is 5.12. The first-order chi connectivity index (χ1) is 12.3. The Labute approximate surface area is 155 Å². The Kier molecular flexibility index (Phi) is 4.07. The van der Waals surface area contributed by atoms with E-state index in [1.807, 2.05) is 6.20 Å². The molecule has 4 rings (SSSR count). The van der Waals surface area contributed by atoms with Crippen molar-refractivity contribution in [2.24, 2.45) is 0 Å². The predicted octanol–water partition coefficient (Wildman–Crippen LogP) is 3.60. The van der Waals surface area contributed by atoms with E-state index >= 15 is 0 Å². The van der Waals surface area contributed by atoms with E-state index in [4.69, 9.17) is 9.97 Å². The van der Waals surface area contributed by atoms with Crippen LogP contribution in [0.5, 0.6) is 0 Å². The number of pyridine rings is 1. The van der Waals surface area contributed by atoms with Crippen LogP contribution in [-0.4, -0.2) is 30.8 Å². The third kappa shape index (κ3) is 3.12. The zero-order valence-corrected chi connectivity index (χ0v) is 16.4. The lowest BCUT2D eigenvalue weighted by molar-refractivity contribution is 0.238. The van der Waals surface area contributed by atoms with E-state index in [1.54, 1.807) is 0 Å². The molecule has 0 unspecified atom stereocenters. The van der Waals surface area contributed by atoms with E-state index in [2.05, 4.69) is 67.2 Å². The molecule has 0 bridgehead atoms. The van der Waals surface area contributed by atoms with E-state index in [-0.39, 0.29) is 5.41 Å². The van der Waals surface area contributed by atoms with Gasteiger partial charge in [0.2, 0.25) is 0 Å². The van der Waals surface area contributed by atoms with E-state index in [1.165, 1.54) is 22.5 Å². The molecule has 3 aromatic rings.